The van der Waals surface area contributed by atoms with Gasteiger partial charge in [-0.3, -0.25) is 28.9 Å². The Morgan fingerprint density at radius 2 is 1.78 bits per heavy atom. The minimum atomic E-state index is -2.73. The first-order chi connectivity index (χ1) is 16.8. The molecule has 0 saturated heterocycles. The number of ketones is 4. The van der Waals surface area contributed by atoms with Gasteiger partial charge in [0.25, 0.3) is 0 Å². The fraction of sp³-hybridized carbons (Fsp3) is 0.600. The van der Waals surface area contributed by atoms with E-state index in [0.717, 1.165) is 0 Å². The predicted octanol–water partition coefficient (Wildman–Crippen LogP) is -0.719. The van der Waals surface area contributed by atoms with Crippen LogP contribution >= 0.6 is 0 Å². The van der Waals surface area contributed by atoms with Crippen molar-refractivity contribution in [3.05, 3.63) is 16.8 Å². The second-order valence-corrected chi connectivity index (χ2v) is 10.5. The molecule has 2 unspecified atom stereocenters. The average Bonchev–Trinajstić information content (AvgIpc) is 2.77. The van der Waals surface area contributed by atoms with Gasteiger partial charge in [-0.15, -0.1) is 0 Å². The third kappa shape index (κ3) is 3.40. The second-order valence-electron chi connectivity index (χ2n) is 10.5. The Morgan fingerprint density at radius 3 is 2.31 bits per heavy atom. The summed E-state index contributed by atoms with van der Waals surface area (Å²) in [5.74, 6) is -10.0. The zero-order valence-electron chi connectivity index (χ0n) is 21.1. The molecule has 4 rings (SSSR count). The molecular weight excluding hydrogens is 468 g/mol. The Balaban J connectivity index is 1.90. The lowest BCUT2D eigenvalue weighted by molar-refractivity contribution is -0.181. The van der Waals surface area contributed by atoms with Gasteiger partial charge in [0.05, 0.1) is 23.2 Å². The van der Waals surface area contributed by atoms with Gasteiger partial charge < -0.3 is 20.8 Å². The topological polar surface area (TPSA) is 171 Å². The van der Waals surface area contributed by atoms with Gasteiger partial charge in [0.1, 0.15) is 11.6 Å². The van der Waals surface area contributed by atoms with Gasteiger partial charge in [0, 0.05) is 25.6 Å². The number of nitrogens with zero attached hydrogens (tertiary/aromatic N) is 3. The van der Waals surface area contributed by atoms with E-state index in [1.54, 1.807) is 33.1 Å². The van der Waals surface area contributed by atoms with E-state index in [-0.39, 0.29) is 24.2 Å². The van der Waals surface area contributed by atoms with Crippen LogP contribution in [0, 0.1) is 23.7 Å². The Hall–Kier alpha value is -3.18. The molecule has 0 bridgehead atoms. The summed E-state index contributed by atoms with van der Waals surface area (Å²) in [6, 6.07) is -1.13. The van der Waals surface area contributed by atoms with Crippen molar-refractivity contribution in [2.45, 2.75) is 44.2 Å². The second kappa shape index (κ2) is 8.74. The van der Waals surface area contributed by atoms with Crippen molar-refractivity contribution in [1.29, 1.82) is 0 Å². The molecule has 11 heteroatoms. The highest BCUT2D eigenvalue weighted by molar-refractivity contribution is 6.32. The van der Waals surface area contributed by atoms with Crippen LogP contribution in [0.25, 0.3) is 0 Å². The maximum Gasteiger partial charge on any atom is 0.235 e. The highest BCUT2D eigenvalue weighted by Crippen LogP contribution is 2.51. The number of anilines is 1. The first-order valence-electron chi connectivity index (χ1n) is 12.1. The van der Waals surface area contributed by atoms with Crippen LogP contribution < -0.4 is 10.6 Å². The number of aryl methyl sites for hydroxylation is 1. The lowest BCUT2D eigenvalue weighted by Crippen LogP contribution is -2.74. The van der Waals surface area contributed by atoms with Gasteiger partial charge in [-0.2, -0.15) is 0 Å². The number of fused-ring (bicyclic) bond motifs is 3. The largest absolute Gasteiger partial charge is 0.505 e. The number of carbonyl (C=O) groups excluding carboxylic acids is 5. The van der Waals surface area contributed by atoms with Crippen molar-refractivity contribution in [1.82, 2.24) is 9.88 Å². The van der Waals surface area contributed by atoms with E-state index in [2.05, 4.69) is 4.98 Å². The molecule has 1 amide bonds. The van der Waals surface area contributed by atoms with Crippen LogP contribution in [0.1, 0.15) is 41.4 Å². The van der Waals surface area contributed by atoms with Crippen molar-refractivity contribution < 1.29 is 34.2 Å². The quantitative estimate of drug-likeness (QED) is 0.438. The molecule has 4 N–H and O–H groups in total. The molecule has 3 aliphatic carbocycles. The van der Waals surface area contributed by atoms with E-state index in [4.69, 9.17) is 5.73 Å². The number of hydrogen-bond acceptors (Lipinski definition) is 10. The molecular formula is C25H32N4O7. The number of hydrogen-bond donors (Lipinski definition) is 3. The lowest BCUT2D eigenvalue weighted by atomic mass is 9.52. The predicted molar refractivity (Wildman–Crippen MR) is 127 cm³/mol. The number of aromatic nitrogens is 1. The van der Waals surface area contributed by atoms with E-state index in [1.165, 1.54) is 4.90 Å². The van der Waals surface area contributed by atoms with Crippen LogP contribution in [0.5, 0.6) is 5.75 Å². The summed E-state index contributed by atoms with van der Waals surface area (Å²) < 4.78 is 0. The standard InChI is InChI=1S/C25H32N4O7/c1-6-7-13-18(30)15-11(24(27-13)29(4)5)8-10-9-12-17(28(2)3)20(32)16(23(26)35)22(34)25(12,36)21(33)14(10)19(15)31/h10,12,14,16-17,30,36H,6-9H2,1-5H3,(H2,26,35)/t10-,12-,14?,16?,17-,25-/m0/s1. The van der Waals surface area contributed by atoms with E-state index in [0.29, 0.717) is 29.9 Å². The highest BCUT2D eigenvalue weighted by atomic mass is 16.3. The Labute approximate surface area is 208 Å². The fourth-order valence-corrected chi connectivity index (χ4v) is 6.37. The first-order valence-corrected chi connectivity index (χ1v) is 12.1. The SMILES string of the molecule is CCCc1nc(N(C)C)c2c(c1O)C(=O)C1C(=O)[C@]3(O)C(=O)C(C(N)=O)C(=O)[C@@H](N(C)C)[C@@H]3C[C@@H]1C2. The van der Waals surface area contributed by atoms with Crippen LogP contribution in [0.4, 0.5) is 5.82 Å². The zero-order chi connectivity index (χ0) is 26.9. The van der Waals surface area contributed by atoms with Crippen LogP contribution in [0.3, 0.4) is 0 Å². The molecule has 1 aromatic rings. The van der Waals surface area contributed by atoms with Crippen LogP contribution in [0.2, 0.25) is 0 Å². The first kappa shape index (κ1) is 25.9. The van der Waals surface area contributed by atoms with E-state index in [9.17, 15) is 34.2 Å². The maximum absolute atomic E-state index is 13.8. The van der Waals surface area contributed by atoms with Gasteiger partial charge in [-0.25, -0.2) is 4.98 Å². The molecule has 3 aliphatic rings. The maximum atomic E-state index is 13.8. The zero-order valence-corrected chi connectivity index (χ0v) is 21.1. The Morgan fingerprint density at radius 1 is 1.14 bits per heavy atom. The molecule has 2 saturated carbocycles. The molecule has 0 radical (unpaired) electrons. The smallest absolute Gasteiger partial charge is 0.235 e. The third-order valence-corrected chi connectivity index (χ3v) is 7.89. The Bertz CT molecular complexity index is 1190. The number of Topliss-reactive ketones (excluding diaryl/α,β-unsaturated/α-hetero) is 4. The molecule has 36 heavy (non-hydrogen) atoms. The minimum Gasteiger partial charge on any atom is -0.505 e. The van der Waals surface area contributed by atoms with Gasteiger partial charge >= 0.3 is 0 Å². The summed E-state index contributed by atoms with van der Waals surface area (Å²) in [7, 11) is 6.63. The molecule has 1 aromatic heterocycles. The Kier molecular flexibility index (Phi) is 6.28. The minimum absolute atomic E-state index is 0.00817. The number of amides is 1. The summed E-state index contributed by atoms with van der Waals surface area (Å²) in [5.41, 5.74) is 3.40. The number of carbonyl (C=O) groups is 5. The van der Waals surface area contributed by atoms with Crippen molar-refractivity contribution in [3.63, 3.8) is 0 Å². The molecule has 0 aromatic carbocycles. The molecule has 1 heterocycles. The number of aliphatic hydroxyl groups is 1. The molecule has 2 fully saturated rings. The van der Waals surface area contributed by atoms with Gasteiger partial charge in [0.2, 0.25) is 5.91 Å². The summed E-state index contributed by atoms with van der Waals surface area (Å²) in [5, 5.41) is 22.6. The monoisotopic (exact) mass is 500 g/mol. The number of aromatic hydroxyl groups is 1. The summed E-state index contributed by atoms with van der Waals surface area (Å²) in [6.07, 6.45) is 1.27. The third-order valence-electron chi connectivity index (χ3n) is 7.89. The van der Waals surface area contributed by atoms with E-state index >= 15 is 0 Å². The normalized spacial score (nSPS) is 31.7. The fourth-order valence-electron chi connectivity index (χ4n) is 6.37. The summed E-state index contributed by atoms with van der Waals surface area (Å²) >= 11 is 0. The summed E-state index contributed by atoms with van der Waals surface area (Å²) in [4.78, 5) is 73.9. The van der Waals surface area contributed by atoms with Crippen molar-refractivity contribution in [2.24, 2.45) is 29.4 Å². The number of primary amides is 1. The molecule has 0 spiro atoms. The number of pyridine rings is 1. The van der Waals surface area contributed by atoms with E-state index in [1.807, 2.05) is 6.92 Å². The van der Waals surface area contributed by atoms with Crippen LogP contribution in [-0.4, -0.2) is 89.0 Å². The van der Waals surface area contributed by atoms with Gasteiger partial charge in [-0.05, 0) is 39.3 Å². The van der Waals surface area contributed by atoms with Crippen molar-refractivity contribution in [2.75, 3.05) is 33.1 Å². The number of nitrogens with two attached hydrogens (primary N) is 1. The van der Waals surface area contributed by atoms with Gasteiger partial charge in [-0.1, -0.05) is 13.3 Å². The average molecular weight is 501 g/mol. The molecule has 0 aliphatic heterocycles. The molecule has 194 valence electrons. The number of likely N-dealkylation sites (N-methyl/N-ethyl adjacent to an activating group) is 1. The highest BCUT2D eigenvalue weighted by Gasteiger charge is 2.69. The van der Waals surface area contributed by atoms with E-state index < -0.39 is 64.4 Å². The van der Waals surface area contributed by atoms with Crippen LogP contribution in [-0.2, 0) is 32.0 Å². The summed E-state index contributed by atoms with van der Waals surface area (Å²) in [6.45, 7) is 1.90. The van der Waals surface area contributed by atoms with Crippen LogP contribution in [0.15, 0.2) is 0 Å². The van der Waals surface area contributed by atoms with Crippen molar-refractivity contribution in [3.8, 4) is 5.75 Å². The molecule has 6 atom stereocenters. The van der Waals surface area contributed by atoms with Gasteiger partial charge in [0.15, 0.2) is 34.7 Å². The molecule has 11 nitrogen and oxygen atoms in total. The lowest BCUT2D eigenvalue weighted by Gasteiger charge is -2.52. The van der Waals surface area contributed by atoms with Crippen molar-refractivity contribution >= 4 is 34.9 Å². The number of rotatable bonds is 5.